The van der Waals surface area contributed by atoms with Crippen LogP contribution in [0.5, 0.6) is 0 Å². The zero-order chi connectivity index (χ0) is 13.7. The van der Waals surface area contributed by atoms with E-state index in [-0.39, 0.29) is 6.54 Å². The molecule has 2 rings (SSSR count). The van der Waals surface area contributed by atoms with Gasteiger partial charge in [-0.05, 0) is 37.8 Å². The van der Waals surface area contributed by atoms with Crippen molar-refractivity contribution in [2.45, 2.75) is 19.8 Å². The molecular weight excluding hydrogens is 242 g/mol. The van der Waals surface area contributed by atoms with Crippen molar-refractivity contribution in [2.24, 2.45) is 5.92 Å². The van der Waals surface area contributed by atoms with Gasteiger partial charge in [-0.1, -0.05) is 0 Å². The van der Waals surface area contributed by atoms with Crippen LogP contribution in [-0.2, 0) is 4.79 Å². The van der Waals surface area contributed by atoms with Gasteiger partial charge >= 0.3 is 5.97 Å². The molecule has 5 nitrogen and oxygen atoms in total. The zero-order valence-corrected chi connectivity index (χ0v) is 11.3. The molecule has 1 aliphatic rings. The van der Waals surface area contributed by atoms with E-state index in [1.165, 1.54) is 5.69 Å². The van der Waals surface area contributed by atoms with Gasteiger partial charge in [0, 0.05) is 37.2 Å². The molecule has 0 bridgehead atoms. The van der Waals surface area contributed by atoms with Crippen LogP contribution in [0.1, 0.15) is 18.5 Å². The number of carbonyl (C=O) groups is 1. The molecule has 5 heteroatoms. The van der Waals surface area contributed by atoms with Gasteiger partial charge < -0.3 is 15.3 Å². The highest BCUT2D eigenvalue weighted by molar-refractivity contribution is 5.68. The third-order valence-electron chi connectivity index (χ3n) is 3.47. The molecule has 1 saturated heterocycles. The quantitative estimate of drug-likeness (QED) is 0.838. The van der Waals surface area contributed by atoms with E-state index in [0.29, 0.717) is 5.92 Å². The molecule has 104 valence electrons. The predicted molar refractivity (Wildman–Crippen MR) is 74.4 cm³/mol. The molecule has 2 heterocycles. The Bertz CT molecular complexity index is 436. The minimum atomic E-state index is -0.794. The first-order chi connectivity index (χ1) is 9.15. The molecule has 0 radical (unpaired) electrons. The molecule has 1 aliphatic heterocycles. The van der Waals surface area contributed by atoms with Gasteiger partial charge in [0.15, 0.2) is 0 Å². The highest BCUT2D eigenvalue weighted by atomic mass is 16.4. The molecule has 0 aromatic carbocycles. The summed E-state index contributed by atoms with van der Waals surface area (Å²) in [6.07, 6.45) is 4.16. The minimum absolute atomic E-state index is 0.0465. The fourth-order valence-corrected chi connectivity index (χ4v) is 2.58. The number of aryl methyl sites for hydroxylation is 1. The van der Waals surface area contributed by atoms with Crippen LogP contribution < -0.4 is 10.2 Å². The van der Waals surface area contributed by atoms with E-state index < -0.39 is 5.97 Å². The molecule has 2 N–H and O–H groups in total. The van der Waals surface area contributed by atoms with Crippen molar-refractivity contribution in [1.29, 1.82) is 0 Å². The lowest BCUT2D eigenvalue weighted by Gasteiger charge is -2.34. The summed E-state index contributed by atoms with van der Waals surface area (Å²) in [5, 5.41) is 11.6. The number of hydrogen-bond acceptors (Lipinski definition) is 4. The van der Waals surface area contributed by atoms with Gasteiger partial charge in [0.1, 0.15) is 0 Å². The van der Waals surface area contributed by atoms with Crippen molar-refractivity contribution >= 4 is 11.7 Å². The molecule has 1 aromatic heterocycles. The molecule has 0 spiro atoms. The van der Waals surface area contributed by atoms with E-state index in [2.05, 4.69) is 21.3 Å². The summed E-state index contributed by atoms with van der Waals surface area (Å²) in [7, 11) is 0. The lowest BCUT2D eigenvalue weighted by molar-refractivity contribution is -0.136. The highest BCUT2D eigenvalue weighted by Crippen LogP contribution is 2.22. The number of nitrogens with one attached hydrogen (secondary N) is 1. The maximum Gasteiger partial charge on any atom is 0.317 e. The summed E-state index contributed by atoms with van der Waals surface area (Å²) < 4.78 is 0. The molecule has 1 atom stereocenters. The second-order valence-electron chi connectivity index (χ2n) is 5.13. The molecule has 1 unspecified atom stereocenters. The summed E-state index contributed by atoms with van der Waals surface area (Å²) in [5.74, 6) is -0.279. The van der Waals surface area contributed by atoms with Crippen LogP contribution in [0.15, 0.2) is 18.3 Å². The summed E-state index contributed by atoms with van der Waals surface area (Å²) >= 11 is 0. The van der Waals surface area contributed by atoms with Crippen LogP contribution in [0.25, 0.3) is 0 Å². The van der Waals surface area contributed by atoms with E-state index in [0.717, 1.165) is 38.2 Å². The third kappa shape index (κ3) is 4.21. The Balaban J connectivity index is 1.88. The Hall–Kier alpha value is -1.62. The lowest BCUT2D eigenvalue weighted by Crippen LogP contribution is -2.40. The zero-order valence-electron chi connectivity index (χ0n) is 11.3. The first kappa shape index (κ1) is 13.8. The number of aromatic nitrogens is 1. The molecule has 0 amide bonds. The van der Waals surface area contributed by atoms with Gasteiger partial charge in [-0.3, -0.25) is 9.78 Å². The topological polar surface area (TPSA) is 65.5 Å². The number of carboxylic acids is 1. The van der Waals surface area contributed by atoms with Gasteiger partial charge in [0.2, 0.25) is 0 Å². The van der Waals surface area contributed by atoms with Gasteiger partial charge in [-0.15, -0.1) is 0 Å². The molecule has 0 saturated carbocycles. The summed E-state index contributed by atoms with van der Waals surface area (Å²) in [5.41, 5.74) is 2.25. The van der Waals surface area contributed by atoms with Crippen LogP contribution in [0.2, 0.25) is 0 Å². The average molecular weight is 263 g/mol. The number of carboxylic acid groups (broad SMARTS) is 1. The van der Waals surface area contributed by atoms with Crippen molar-refractivity contribution < 1.29 is 9.90 Å². The number of rotatable bonds is 5. The Morgan fingerprint density at radius 3 is 3.21 bits per heavy atom. The van der Waals surface area contributed by atoms with Crippen molar-refractivity contribution in [3.05, 3.63) is 24.0 Å². The van der Waals surface area contributed by atoms with Crippen molar-refractivity contribution in [3.8, 4) is 0 Å². The molecule has 1 fully saturated rings. The first-order valence-corrected chi connectivity index (χ1v) is 6.75. The molecular formula is C14H21N3O2. The first-order valence-electron chi connectivity index (χ1n) is 6.75. The van der Waals surface area contributed by atoms with Gasteiger partial charge in [0.05, 0.1) is 6.54 Å². The monoisotopic (exact) mass is 263 g/mol. The smallest absolute Gasteiger partial charge is 0.317 e. The maximum absolute atomic E-state index is 10.5. The fraction of sp³-hybridized carbons (Fsp3) is 0.571. The van der Waals surface area contributed by atoms with E-state index >= 15 is 0 Å². The maximum atomic E-state index is 10.5. The number of anilines is 1. The average Bonchev–Trinajstić information content (AvgIpc) is 2.39. The standard InChI is InChI=1S/C14H21N3O2/c1-11-7-13(4-5-16-11)17-6-2-3-12(10-17)8-15-9-14(18)19/h4-5,7,12,15H,2-3,6,8-10H2,1H3,(H,18,19). The summed E-state index contributed by atoms with van der Waals surface area (Å²) in [6.45, 7) is 4.87. The molecule has 19 heavy (non-hydrogen) atoms. The van der Waals surface area contributed by atoms with Crippen LogP contribution in [0.4, 0.5) is 5.69 Å². The third-order valence-corrected chi connectivity index (χ3v) is 3.47. The van der Waals surface area contributed by atoms with Crippen LogP contribution >= 0.6 is 0 Å². The Kier molecular flexibility index (Phi) is 4.74. The Morgan fingerprint density at radius 2 is 2.47 bits per heavy atom. The molecule has 0 aliphatic carbocycles. The van der Waals surface area contributed by atoms with Gasteiger partial charge in [-0.2, -0.15) is 0 Å². The Labute approximate surface area is 113 Å². The summed E-state index contributed by atoms with van der Waals surface area (Å²) in [4.78, 5) is 17.1. The molecule has 1 aromatic rings. The van der Waals surface area contributed by atoms with Crippen molar-refractivity contribution in [3.63, 3.8) is 0 Å². The fourth-order valence-electron chi connectivity index (χ4n) is 2.58. The Morgan fingerprint density at radius 1 is 1.63 bits per heavy atom. The van der Waals surface area contributed by atoms with Crippen molar-refractivity contribution in [1.82, 2.24) is 10.3 Å². The highest BCUT2D eigenvalue weighted by Gasteiger charge is 2.20. The number of aliphatic carboxylic acids is 1. The minimum Gasteiger partial charge on any atom is -0.480 e. The number of piperidine rings is 1. The van der Waals surface area contributed by atoms with Gasteiger partial charge in [-0.25, -0.2) is 0 Å². The van der Waals surface area contributed by atoms with E-state index in [9.17, 15) is 4.79 Å². The van der Waals surface area contributed by atoms with E-state index in [1.807, 2.05) is 19.2 Å². The SMILES string of the molecule is Cc1cc(N2CCCC(CNCC(=O)O)C2)ccn1. The number of pyridine rings is 1. The van der Waals surface area contributed by atoms with Crippen LogP contribution in [-0.4, -0.2) is 42.2 Å². The summed E-state index contributed by atoms with van der Waals surface area (Å²) in [6, 6.07) is 4.15. The van der Waals surface area contributed by atoms with E-state index in [1.54, 1.807) is 0 Å². The second-order valence-corrected chi connectivity index (χ2v) is 5.13. The van der Waals surface area contributed by atoms with Gasteiger partial charge in [0.25, 0.3) is 0 Å². The van der Waals surface area contributed by atoms with Crippen LogP contribution in [0.3, 0.4) is 0 Å². The number of nitrogens with zero attached hydrogens (tertiary/aromatic N) is 2. The van der Waals surface area contributed by atoms with Crippen LogP contribution in [0, 0.1) is 12.8 Å². The number of hydrogen-bond donors (Lipinski definition) is 2. The van der Waals surface area contributed by atoms with E-state index in [4.69, 9.17) is 5.11 Å². The lowest BCUT2D eigenvalue weighted by atomic mass is 9.97. The second kappa shape index (κ2) is 6.52. The normalized spacial score (nSPS) is 19.4. The van der Waals surface area contributed by atoms with Crippen molar-refractivity contribution in [2.75, 3.05) is 31.1 Å². The largest absolute Gasteiger partial charge is 0.480 e. The predicted octanol–water partition coefficient (Wildman–Crippen LogP) is 1.28.